The van der Waals surface area contributed by atoms with Crippen molar-refractivity contribution < 1.29 is 9.50 Å². The van der Waals surface area contributed by atoms with Crippen LogP contribution in [0.2, 0.25) is 5.02 Å². The first-order chi connectivity index (χ1) is 6.53. The summed E-state index contributed by atoms with van der Waals surface area (Å²) in [6.07, 6.45) is 2.44. The van der Waals surface area contributed by atoms with E-state index in [-0.39, 0.29) is 5.82 Å². The van der Waals surface area contributed by atoms with Crippen molar-refractivity contribution in [2.24, 2.45) is 0 Å². The second-order valence-electron chi connectivity index (χ2n) is 3.97. The first kappa shape index (κ1) is 9.94. The summed E-state index contributed by atoms with van der Waals surface area (Å²) in [5.41, 5.74) is 0.393. The summed E-state index contributed by atoms with van der Waals surface area (Å²) < 4.78 is 13.1. The number of hydrogen-bond donors (Lipinski definition) is 1. The lowest BCUT2D eigenvalue weighted by molar-refractivity contribution is -0.0387. The monoisotopic (exact) mass is 214 g/mol. The molecular weight excluding hydrogens is 203 g/mol. The molecule has 0 radical (unpaired) electrons. The van der Waals surface area contributed by atoms with E-state index in [1.54, 1.807) is 13.0 Å². The highest BCUT2D eigenvalue weighted by atomic mass is 35.5. The average Bonchev–Trinajstić information content (AvgIpc) is 2.07. The van der Waals surface area contributed by atoms with Gasteiger partial charge in [-0.1, -0.05) is 11.6 Å². The molecule has 2 rings (SSSR count). The van der Waals surface area contributed by atoms with Gasteiger partial charge in [-0.15, -0.1) is 0 Å². The van der Waals surface area contributed by atoms with E-state index >= 15 is 0 Å². The standard InChI is InChI=1S/C11H12ClFO/c1-7-5-8(9(12)6-10(7)13)11(14)3-2-4-11/h5-6,14H,2-4H2,1H3. The Morgan fingerprint density at radius 1 is 1.43 bits per heavy atom. The summed E-state index contributed by atoms with van der Waals surface area (Å²) in [5.74, 6) is -0.318. The van der Waals surface area contributed by atoms with Crippen molar-refractivity contribution in [3.63, 3.8) is 0 Å². The largest absolute Gasteiger partial charge is 0.385 e. The molecule has 14 heavy (non-hydrogen) atoms. The van der Waals surface area contributed by atoms with Crippen molar-refractivity contribution in [1.82, 2.24) is 0 Å². The maximum absolute atomic E-state index is 13.1. The molecule has 3 heteroatoms. The third-order valence-corrected chi connectivity index (χ3v) is 3.24. The third-order valence-electron chi connectivity index (χ3n) is 2.93. The number of hydrogen-bond acceptors (Lipinski definition) is 1. The fourth-order valence-electron chi connectivity index (χ4n) is 1.79. The minimum absolute atomic E-state index is 0.318. The van der Waals surface area contributed by atoms with Crippen LogP contribution in [-0.4, -0.2) is 5.11 Å². The molecule has 1 aromatic rings. The predicted octanol–water partition coefficient (Wildman–Crippen LogP) is 3.16. The van der Waals surface area contributed by atoms with Crippen LogP contribution in [0.15, 0.2) is 12.1 Å². The van der Waals surface area contributed by atoms with Crippen LogP contribution in [0.4, 0.5) is 4.39 Å². The molecule has 1 aliphatic rings. The Morgan fingerprint density at radius 3 is 2.57 bits per heavy atom. The van der Waals surface area contributed by atoms with Gasteiger partial charge in [-0.3, -0.25) is 0 Å². The Balaban J connectivity index is 2.48. The van der Waals surface area contributed by atoms with Crippen molar-refractivity contribution in [2.45, 2.75) is 31.8 Å². The minimum Gasteiger partial charge on any atom is -0.385 e. The molecule has 0 saturated heterocycles. The number of aliphatic hydroxyl groups is 1. The quantitative estimate of drug-likeness (QED) is 0.762. The second-order valence-corrected chi connectivity index (χ2v) is 4.37. The molecule has 1 aromatic carbocycles. The van der Waals surface area contributed by atoms with Gasteiger partial charge in [0.1, 0.15) is 5.82 Å². The summed E-state index contributed by atoms with van der Waals surface area (Å²) in [5, 5.41) is 10.4. The molecule has 0 amide bonds. The molecule has 1 saturated carbocycles. The number of rotatable bonds is 1. The van der Waals surface area contributed by atoms with E-state index in [0.717, 1.165) is 19.3 Å². The zero-order valence-corrected chi connectivity index (χ0v) is 8.74. The van der Waals surface area contributed by atoms with Crippen LogP contribution in [0.5, 0.6) is 0 Å². The highest BCUT2D eigenvalue weighted by Crippen LogP contribution is 2.44. The highest BCUT2D eigenvalue weighted by Gasteiger charge is 2.38. The van der Waals surface area contributed by atoms with Crippen LogP contribution in [0, 0.1) is 12.7 Å². The van der Waals surface area contributed by atoms with E-state index in [2.05, 4.69) is 0 Å². The number of aryl methyl sites for hydroxylation is 1. The molecular formula is C11H12ClFO. The second kappa shape index (κ2) is 3.21. The van der Waals surface area contributed by atoms with E-state index in [9.17, 15) is 9.50 Å². The molecule has 1 nitrogen and oxygen atoms in total. The van der Waals surface area contributed by atoms with Crippen LogP contribution in [0.25, 0.3) is 0 Å². The molecule has 0 bridgehead atoms. The third kappa shape index (κ3) is 1.43. The molecule has 0 aromatic heterocycles. The van der Waals surface area contributed by atoms with E-state index < -0.39 is 5.60 Å². The Kier molecular flexibility index (Phi) is 2.28. The lowest BCUT2D eigenvalue weighted by Gasteiger charge is -2.37. The van der Waals surface area contributed by atoms with Gasteiger partial charge in [-0.05, 0) is 43.9 Å². The van der Waals surface area contributed by atoms with Crippen LogP contribution in [0.3, 0.4) is 0 Å². The van der Waals surface area contributed by atoms with E-state index in [0.29, 0.717) is 16.1 Å². The van der Waals surface area contributed by atoms with Crippen LogP contribution in [-0.2, 0) is 5.60 Å². The van der Waals surface area contributed by atoms with E-state index in [4.69, 9.17) is 11.6 Å². The first-order valence-corrected chi connectivity index (χ1v) is 5.09. The van der Waals surface area contributed by atoms with Crippen molar-refractivity contribution in [1.29, 1.82) is 0 Å². The van der Waals surface area contributed by atoms with Gasteiger partial charge < -0.3 is 5.11 Å². The van der Waals surface area contributed by atoms with Gasteiger partial charge in [0.25, 0.3) is 0 Å². The highest BCUT2D eigenvalue weighted by molar-refractivity contribution is 6.31. The molecule has 1 aliphatic carbocycles. The van der Waals surface area contributed by atoms with Gasteiger partial charge in [0, 0.05) is 10.6 Å². The fourth-order valence-corrected chi connectivity index (χ4v) is 2.12. The van der Waals surface area contributed by atoms with Gasteiger partial charge in [-0.25, -0.2) is 4.39 Å². The van der Waals surface area contributed by atoms with Crippen molar-refractivity contribution in [3.05, 3.63) is 34.1 Å². The van der Waals surface area contributed by atoms with Crippen molar-refractivity contribution in [2.75, 3.05) is 0 Å². The lowest BCUT2D eigenvalue weighted by atomic mass is 9.75. The molecule has 1 N–H and O–H groups in total. The maximum Gasteiger partial charge on any atom is 0.127 e. The molecule has 0 spiro atoms. The average molecular weight is 215 g/mol. The molecule has 0 unspecified atom stereocenters. The molecule has 0 atom stereocenters. The topological polar surface area (TPSA) is 20.2 Å². The van der Waals surface area contributed by atoms with E-state index in [1.165, 1.54) is 6.07 Å². The zero-order chi connectivity index (χ0) is 10.3. The summed E-state index contributed by atoms with van der Waals surface area (Å²) >= 11 is 5.90. The molecule has 0 aliphatic heterocycles. The van der Waals surface area contributed by atoms with Gasteiger partial charge in [0.2, 0.25) is 0 Å². The lowest BCUT2D eigenvalue weighted by Crippen LogP contribution is -2.34. The van der Waals surface area contributed by atoms with Gasteiger partial charge in [0.05, 0.1) is 5.60 Å². The molecule has 1 fully saturated rings. The Hall–Kier alpha value is -0.600. The van der Waals surface area contributed by atoms with Crippen LogP contribution < -0.4 is 0 Å². The van der Waals surface area contributed by atoms with Gasteiger partial charge in [-0.2, -0.15) is 0 Å². The van der Waals surface area contributed by atoms with Crippen molar-refractivity contribution >= 4 is 11.6 Å². The number of halogens is 2. The van der Waals surface area contributed by atoms with Crippen LogP contribution >= 0.6 is 11.6 Å². The van der Waals surface area contributed by atoms with Crippen LogP contribution in [0.1, 0.15) is 30.4 Å². The summed E-state index contributed by atoms with van der Waals surface area (Å²) in [4.78, 5) is 0. The predicted molar refractivity (Wildman–Crippen MR) is 53.9 cm³/mol. The van der Waals surface area contributed by atoms with E-state index in [1.807, 2.05) is 0 Å². The Bertz CT molecular complexity index is 372. The summed E-state index contributed by atoms with van der Waals surface area (Å²) in [6, 6.07) is 2.93. The maximum atomic E-state index is 13.1. The number of benzene rings is 1. The van der Waals surface area contributed by atoms with Gasteiger partial charge >= 0.3 is 0 Å². The smallest absolute Gasteiger partial charge is 0.127 e. The fraction of sp³-hybridized carbons (Fsp3) is 0.455. The SMILES string of the molecule is Cc1cc(C2(O)CCC2)c(Cl)cc1F. The molecule has 76 valence electrons. The van der Waals surface area contributed by atoms with Crippen molar-refractivity contribution in [3.8, 4) is 0 Å². The minimum atomic E-state index is -0.810. The first-order valence-electron chi connectivity index (χ1n) is 4.71. The Morgan fingerprint density at radius 2 is 2.07 bits per heavy atom. The summed E-state index contributed by atoms with van der Waals surface area (Å²) in [7, 11) is 0. The zero-order valence-electron chi connectivity index (χ0n) is 7.98. The van der Waals surface area contributed by atoms with Gasteiger partial charge in [0.15, 0.2) is 0 Å². The Labute approximate surface area is 87.5 Å². The summed E-state index contributed by atoms with van der Waals surface area (Å²) in [6.45, 7) is 1.68. The normalized spacial score (nSPS) is 19.1. The molecule has 0 heterocycles.